The second-order valence-corrected chi connectivity index (χ2v) is 4.81. The Hall–Kier alpha value is -3.28. The van der Waals surface area contributed by atoms with Gasteiger partial charge in [-0.1, -0.05) is 12.1 Å². The van der Waals surface area contributed by atoms with Crippen molar-refractivity contribution in [3.63, 3.8) is 0 Å². The summed E-state index contributed by atoms with van der Waals surface area (Å²) in [7, 11) is 1.59. The second-order valence-electron chi connectivity index (χ2n) is 4.81. The lowest BCUT2D eigenvalue weighted by Gasteiger charge is -2.05. The zero-order chi connectivity index (χ0) is 16.2. The van der Waals surface area contributed by atoms with Crippen LogP contribution in [-0.4, -0.2) is 23.2 Å². The summed E-state index contributed by atoms with van der Waals surface area (Å²) in [6.45, 7) is 0. The highest BCUT2D eigenvalue weighted by Gasteiger charge is 2.15. The maximum Gasteiger partial charge on any atom is 0.410 e. The maximum atomic E-state index is 11.2. The molecule has 0 aliphatic carbocycles. The Morgan fingerprint density at radius 3 is 2.61 bits per heavy atom. The largest absolute Gasteiger partial charge is 0.497 e. The Morgan fingerprint density at radius 2 is 1.91 bits per heavy atom. The Labute approximate surface area is 132 Å². The predicted molar refractivity (Wildman–Crippen MR) is 86.2 cm³/mol. The molecular weight excluding hydrogens is 294 g/mol. The minimum atomic E-state index is -0.866. The first-order chi connectivity index (χ1) is 11.2. The van der Waals surface area contributed by atoms with Gasteiger partial charge in [-0.15, -0.1) is 0 Å². The minimum Gasteiger partial charge on any atom is -0.497 e. The number of carbonyl (C=O) groups is 1. The number of benzene rings is 1. The van der Waals surface area contributed by atoms with Gasteiger partial charge < -0.3 is 20.2 Å². The van der Waals surface area contributed by atoms with Crippen LogP contribution in [0.4, 0.5) is 4.79 Å². The number of hydrogen-bond donors (Lipinski definition) is 2. The van der Waals surface area contributed by atoms with Crippen LogP contribution in [0, 0.1) is 0 Å². The van der Waals surface area contributed by atoms with E-state index >= 15 is 0 Å². The zero-order valence-corrected chi connectivity index (χ0v) is 12.4. The summed E-state index contributed by atoms with van der Waals surface area (Å²) >= 11 is 0. The lowest BCUT2D eigenvalue weighted by molar-refractivity contribution is 0.211. The molecule has 0 fully saturated rings. The summed E-state index contributed by atoms with van der Waals surface area (Å²) in [6.07, 6.45) is 2.51. The molecule has 3 aromatic rings. The van der Waals surface area contributed by atoms with Gasteiger partial charge in [0.25, 0.3) is 0 Å². The molecule has 0 aliphatic rings. The van der Waals surface area contributed by atoms with E-state index in [1.165, 1.54) is 0 Å². The van der Waals surface area contributed by atoms with Crippen LogP contribution in [0.15, 0.2) is 54.9 Å². The van der Waals surface area contributed by atoms with E-state index in [0.29, 0.717) is 17.2 Å². The number of methoxy groups -OCH3 is 1. The fourth-order valence-electron chi connectivity index (χ4n) is 2.30. The number of H-pyrrole nitrogens is 1. The highest BCUT2D eigenvalue weighted by molar-refractivity contribution is 5.79. The Bertz CT molecular complexity index is 828. The van der Waals surface area contributed by atoms with Crippen LogP contribution in [0.2, 0.25) is 0 Å². The van der Waals surface area contributed by atoms with Gasteiger partial charge in [-0.25, -0.2) is 4.79 Å². The number of rotatable bonds is 4. The van der Waals surface area contributed by atoms with Crippen LogP contribution >= 0.6 is 0 Å². The summed E-state index contributed by atoms with van der Waals surface area (Å²) in [5, 5.41) is 0. The molecule has 6 heteroatoms. The smallest absolute Gasteiger partial charge is 0.410 e. The van der Waals surface area contributed by atoms with Crippen molar-refractivity contribution >= 4 is 6.09 Å². The van der Waals surface area contributed by atoms with E-state index in [2.05, 4.69) is 9.97 Å². The predicted octanol–water partition coefficient (Wildman–Crippen LogP) is 3.21. The van der Waals surface area contributed by atoms with E-state index in [0.717, 1.165) is 16.8 Å². The van der Waals surface area contributed by atoms with Crippen LogP contribution in [0.1, 0.15) is 0 Å². The molecule has 0 bridgehead atoms. The van der Waals surface area contributed by atoms with Crippen molar-refractivity contribution in [1.82, 2.24) is 9.97 Å². The van der Waals surface area contributed by atoms with Gasteiger partial charge in [0.05, 0.1) is 12.8 Å². The van der Waals surface area contributed by atoms with Gasteiger partial charge in [-0.2, -0.15) is 0 Å². The SMILES string of the molecule is COc1cccc(-c2[nH]c(-c3ccncc3)cc2OC(N)=O)c1. The minimum absolute atomic E-state index is 0.359. The second kappa shape index (κ2) is 6.23. The fourth-order valence-corrected chi connectivity index (χ4v) is 2.30. The quantitative estimate of drug-likeness (QED) is 0.774. The number of ether oxygens (including phenoxy) is 2. The first-order valence-corrected chi connectivity index (χ1v) is 6.92. The van der Waals surface area contributed by atoms with Gasteiger partial charge in [0, 0.05) is 35.3 Å². The van der Waals surface area contributed by atoms with Crippen LogP contribution in [0.3, 0.4) is 0 Å². The molecule has 116 valence electrons. The molecule has 0 spiro atoms. The molecule has 2 aromatic heterocycles. The molecule has 0 aliphatic heterocycles. The van der Waals surface area contributed by atoms with E-state index in [1.54, 1.807) is 25.6 Å². The summed E-state index contributed by atoms with van der Waals surface area (Å²) in [4.78, 5) is 18.4. The lowest BCUT2D eigenvalue weighted by Crippen LogP contribution is -2.16. The van der Waals surface area contributed by atoms with Crippen molar-refractivity contribution in [3.8, 4) is 34.0 Å². The van der Waals surface area contributed by atoms with Crippen LogP contribution in [0.25, 0.3) is 22.5 Å². The average Bonchev–Trinajstić information content (AvgIpc) is 2.99. The van der Waals surface area contributed by atoms with Gasteiger partial charge in [-0.3, -0.25) is 4.98 Å². The summed E-state index contributed by atoms with van der Waals surface area (Å²) in [5.41, 5.74) is 8.35. The van der Waals surface area contributed by atoms with E-state index in [-0.39, 0.29) is 0 Å². The van der Waals surface area contributed by atoms with Crippen molar-refractivity contribution in [2.75, 3.05) is 7.11 Å². The van der Waals surface area contributed by atoms with E-state index in [4.69, 9.17) is 15.2 Å². The number of aromatic nitrogens is 2. The summed E-state index contributed by atoms with van der Waals surface area (Å²) in [6, 6.07) is 12.9. The molecule has 6 nitrogen and oxygen atoms in total. The van der Waals surface area contributed by atoms with Crippen LogP contribution in [-0.2, 0) is 0 Å². The molecule has 3 N–H and O–H groups in total. The molecule has 1 aromatic carbocycles. The number of nitrogens with two attached hydrogens (primary N) is 1. The van der Waals surface area contributed by atoms with Gasteiger partial charge in [0.15, 0.2) is 5.75 Å². The fraction of sp³-hybridized carbons (Fsp3) is 0.0588. The number of hydrogen-bond acceptors (Lipinski definition) is 4. The van der Waals surface area contributed by atoms with Gasteiger partial charge in [-0.05, 0) is 24.3 Å². The normalized spacial score (nSPS) is 10.3. The number of nitrogens with one attached hydrogen (secondary N) is 1. The first kappa shape index (κ1) is 14.6. The van der Waals surface area contributed by atoms with Crippen molar-refractivity contribution in [3.05, 3.63) is 54.9 Å². The number of pyridine rings is 1. The number of aromatic amines is 1. The third kappa shape index (κ3) is 3.16. The number of amides is 1. The molecule has 0 unspecified atom stereocenters. The zero-order valence-electron chi connectivity index (χ0n) is 12.4. The molecule has 0 atom stereocenters. The van der Waals surface area contributed by atoms with Gasteiger partial charge in [0.2, 0.25) is 0 Å². The molecule has 2 heterocycles. The molecule has 3 rings (SSSR count). The third-order valence-electron chi connectivity index (χ3n) is 3.34. The molecule has 0 radical (unpaired) electrons. The van der Waals surface area contributed by atoms with Crippen molar-refractivity contribution in [2.24, 2.45) is 5.73 Å². The Morgan fingerprint density at radius 1 is 1.13 bits per heavy atom. The monoisotopic (exact) mass is 309 g/mol. The molecule has 0 saturated heterocycles. The molecule has 0 saturated carbocycles. The Kier molecular flexibility index (Phi) is 3.97. The number of primary amides is 1. The third-order valence-corrected chi connectivity index (χ3v) is 3.34. The maximum absolute atomic E-state index is 11.2. The lowest BCUT2D eigenvalue weighted by atomic mass is 10.1. The molecular formula is C17H15N3O3. The van der Waals surface area contributed by atoms with Gasteiger partial charge >= 0.3 is 6.09 Å². The van der Waals surface area contributed by atoms with Crippen LogP contribution < -0.4 is 15.2 Å². The Balaban J connectivity index is 2.10. The molecule has 23 heavy (non-hydrogen) atoms. The summed E-state index contributed by atoms with van der Waals surface area (Å²) < 4.78 is 10.4. The van der Waals surface area contributed by atoms with E-state index < -0.39 is 6.09 Å². The topological polar surface area (TPSA) is 90.2 Å². The van der Waals surface area contributed by atoms with Gasteiger partial charge in [0.1, 0.15) is 5.75 Å². The van der Waals surface area contributed by atoms with Crippen molar-refractivity contribution in [2.45, 2.75) is 0 Å². The highest BCUT2D eigenvalue weighted by Crippen LogP contribution is 2.35. The average molecular weight is 309 g/mol. The van der Waals surface area contributed by atoms with E-state index in [1.807, 2.05) is 36.4 Å². The first-order valence-electron chi connectivity index (χ1n) is 6.92. The van der Waals surface area contributed by atoms with E-state index in [9.17, 15) is 4.79 Å². The standard InChI is InChI=1S/C17H15N3O3/c1-22-13-4-2-3-12(9-13)16-15(23-17(18)21)10-14(20-16)11-5-7-19-8-6-11/h2-10,20H,1H3,(H2,18,21). The molecule has 1 amide bonds. The van der Waals surface area contributed by atoms with Crippen LogP contribution in [0.5, 0.6) is 11.5 Å². The number of nitrogens with zero attached hydrogens (tertiary/aromatic N) is 1. The van der Waals surface area contributed by atoms with Crippen molar-refractivity contribution in [1.29, 1.82) is 0 Å². The number of carbonyl (C=O) groups excluding carboxylic acids is 1. The summed E-state index contributed by atoms with van der Waals surface area (Å²) in [5.74, 6) is 1.06. The highest BCUT2D eigenvalue weighted by atomic mass is 16.5. The van der Waals surface area contributed by atoms with Crippen molar-refractivity contribution < 1.29 is 14.3 Å².